The molecule has 0 spiro atoms. The van der Waals surface area contributed by atoms with E-state index in [2.05, 4.69) is 33.7 Å². The summed E-state index contributed by atoms with van der Waals surface area (Å²) in [5.41, 5.74) is 2.48. The van der Waals surface area contributed by atoms with Gasteiger partial charge in [-0.1, -0.05) is 6.92 Å². The molecule has 0 bridgehead atoms. The number of aryl methyl sites for hydroxylation is 1. The molecule has 0 amide bonds. The monoisotopic (exact) mass is 313 g/mol. The summed E-state index contributed by atoms with van der Waals surface area (Å²) in [5, 5.41) is 4.29. The van der Waals surface area contributed by atoms with Gasteiger partial charge in [-0.25, -0.2) is 10.8 Å². The van der Waals surface area contributed by atoms with Gasteiger partial charge < -0.3 is 5.32 Å². The van der Waals surface area contributed by atoms with Gasteiger partial charge in [0.05, 0.1) is 5.39 Å². The van der Waals surface area contributed by atoms with Crippen molar-refractivity contribution in [2.75, 3.05) is 23.5 Å². The molecular formula is C12H19N5OS2. The average Bonchev–Trinajstić information content (AvgIpc) is 2.86. The van der Waals surface area contributed by atoms with Crippen molar-refractivity contribution in [1.82, 2.24) is 9.97 Å². The van der Waals surface area contributed by atoms with Crippen LogP contribution >= 0.6 is 11.3 Å². The van der Waals surface area contributed by atoms with Gasteiger partial charge in [-0.15, -0.1) is 11.3 Å². The molecule has 20 heavy (non-hydrogen) atoms. The van der Waals surface area contributed by atoms with Crippen LogP contribution in [0.3, 0.4) is 0 Å². The van der Waals surface area contributed by atoms with Crippen LogP contribution in [0.5, 0.6) is 0 Å². The van der Waals surface area contributed by atoms with Crippen LogP contribution in [0.1, 0.15) is 18.7 Å². The average molecular weight is 313 g/mol. The number of rotatable bonds is 6. The zero-order chi connectivity index (χ0) is 14.7. The van der Waals surface area contributed by atoms with E-state index in [0.29, 0.717) is 12.5 Å². The minimum Gasteiger partial charge on any atom is -0.368 e. The largest absolute Gasteiger partial charge is 0.368 e. The number of hydrogen-bond donors (Lipinski definition) is 3. The second-order valence-electron chi connectivity index (χ2n) is 4.52. The molecule has 110 valence electrons. The smallest absolute Gasteiger partial charge is 0.240 e. The number of fused-ring (bicyclic) bond motifs is 1. The van der Waals surface area contributed by atoms with Gasteiger partial charge in [-0.3, -0.25) is 9.63 Å². The number of nitrogens with one attached hydrogen (secondary N) is 2. The maximum atomic E-state index is 11.4. The Bertz CT molecular complexity index is 628. The third kappa shape index (κ3) is 3.25. The fourth-order valence-electron chi connectivity index (χ4n) is 1.70. The van der Waals surface area contributed by atoms with Gasteiger partial charge in [0.2, 0.25) is 5.95 Å². The molecule has 0 aromatic carbocycles. The lowest BCUT2D eigenvalue weighted by atomic mass is 10.3. The molecule has 0 saturated carbocycles. The van der Waals surface area contributed by atoms with E-state index in [1.807, 2.05) is 6.92 Å². The molecular weight excluding hydrogens is 294 g/mol. The standard InChI is InChI=1S/C12H19N5OS2/c1-4-8-5-9-10(14-6-7(2)20(3)18)15-12(17-13)16-11(9)19-8/h5,7H,4,6,13H2,1-3H3,(H2,14,15,16,17). The second kappa shape index (κ2) is 6.47. The van der Waals surface area contributed by atoms with E-state index in [1.54, 1.807) is 17.6 Å². The first-order chi connectivity index (χ1) is 9.55. The summed E-state index contributed by atoms with van der Waals surface area (Å²) in [6.07, 6.45) is 2.66. The first-order valence-electron chi connectivity index (χ1n) is 6.38. The minimum atomic E-state index is -0.865. The van der Waals surface area contributed by atoms with Gasteiger partial charge in [-0.2, -0.15) is 4.98 Å². The van der Waals surface area contributed by atoms with Crippen molar-refractivity contribution in [3.8, 4) is 0 Å². The Morgan fingerprint density at radius 2 is 2.25 bits per heavy atom. The summed E-state index contributed by atoms with van der Waals surface area (Å²) in [6, 6.07) is 2.09. The third-order valence-corrected chi connectivity index (χ3v) is 5.52. The lowest BCUT2D eigenvalue weighted by molar-refractivity contribution is 0.679. The number of thiophene rings is 1. The summed E-state index contributed by atoms with van der Waals surface area (Å²) in [7, 11) is -0.865. The zero-order valence-electron chi connectivity index (χ0n) is 11.8. The molecule has 2 aromatic rings. The van der Waals surface area contributed by atoms with Crippen LogP contribution in [0.25, 0.3) is 10.2 Å². The summed E-state index contributed by atoms with van der Waals surface area (Å²) in [4.78, 5) is 10.9. The molecule has 2 heterocycles. The zero-order valence-corrected chi connectivity index (χ0v) is 13.4. The Morgan fingerprint density at radius 3 is 2.85 bits per heavy atom. The molecule has 2 aromatic heterocycles. The molecule has 2 atom stereocenters. The van der Waals surface area contributed by atoms with E-state index in [9.17, 15) is 4.21 Å². The number of nitrogens with two attached hydrogens (primary N) is 1. The van der Waals surface area contributed by atoms with Crippen LogP contribution in [0.15, 0.2) is 6.07 Å². The Kier molecular flexibility index (Phi) is 4.90. The molecule has 0 radical (unpaired) electrons. The van der Waals surface area contributed by atoms with Crippen LogP contribution in [0.2, 0.25) is 0 Å². The molecule has 0 fully saturated rings. The van der Waals surface area contributed by atoms with Gasteiger partial charge in [-0.05, 0) is 19.4 Å². The molecule has 2 rings (SSSR count). The number of nitrogen functional groups attached to an aromatic ring is 1. The highest BCUT2D eigenvalue weighted by atomic mass is 32.2. The highest BCUT2D eigenvalue weighted by Crippen LogP contribution is 2.30. The lowest BCUT2D eigenvalue weighted by Crippen LogP contribution is -2.21. The van der Waals surface area contributed by atoms with Crippen LogP contribution in [0, 0.1) is 0 Å². The Balaban J connectivity index is 2.34. The van der Waals surface area contributed by atoms with E-state index < -0.39 is 10.8 Å². The number of anilines is 2. The van der Waals surface area contributed by atoms with Crippen LogP contribution < -0.4 is 16.6 Å². The highest BCUT2D eigenvalue weighted by Gasteiger charge is 2.13. The van der Waals surface area contributed by atoms with E-state index in [4.69, 9.17) is 5.84 Å². The van der Waals surface area contributed by atoms with Gasteiger partial charge in [0, 0.05) is 33.7 Å². The molecule has 0 aliphatic heterocycles. The van der Waals surface area contributed by atoms with E-state index in [1.165, 1.54) is 4.88 Å². The van der Waals surface area contributed by atoms with Crippen molar-refractivity contribution in [3.63, 3.8) is 0 Å². The molecule has 6 nitrogen and oxygen atoms in total. The first-order valence-corrected chi connectivity index (χ1v) is 8.82. The van der Waals surface area contributed by atoms with Crippen LogP contribution in [-0.4, -0.2) is 32.2 Å². The van der Waals surface area contributed by atoms with Crippen molar-refractivity contribution in [2.45, 2.75) is 25.5 Å². The first kappa shape index (κ1) is 15.1. The Labute approximate surface area is 124 Å². The van der Waals surface area contributed by atoms with Crippen LogP contribution in [-0.2, 0) is 17.2 Å². The van der Waals surface area contributed by atoms with E-state index in [-0.39, 0.29) is 5.25 Å². The topological polar surface area (TPSA) is 92.9 Å². The highest BCUT2D eigenvalue weighted by molar-refractivity contribution is 7.84. The molecule has 0 saturated heterocycles. The molecule has 2 unspecified atom stereocenters. The fraction of sp³-hybridized carbons (Fsp3) is 0.500. The number of aromatic nitrogens is 2. The molecule has 8 heteroatoms. The SMILES string of the molecule is CCc1cc2c(NCC(C)S(C)=O)nc(NN)nc2s1. The van der Waals surface area contributed by atoms with Crippen molar-refractivity contribution in [3.05, 3.63) is 10.9 Å². The van der Waals surface area contributed by atoms with Crippen LogP contribution in [0.4, 0.5) is 11.8 Å². The second-order valence-corrected chi connectivity index (χ2v) is 7.43. The Hall–Kier alpha value is -1.25. The summed E-state index contributed by atoms with van der Waals surface area (Å²) in [5.74, 6) is 6.52. The third-order valence-electron chi connectivity index (χ3n) is 3.04. The molecule has 4 N–H and O–H groups in total. The van der Waals surface area contributed by atoms with E-state index in [0.717, 1.165) is 22.5 Å². The number of hydrogen-bond acceptors (Lipinski definition) is 7. The minimum absolute atomic E-state index is 0.0542. The van der Waals surface area contributed by atoms with Crippen molar-refractivity contribution in [2.24, 2.45) is 5.84 Å². The van der Waals surface area contributed by atoms with E-state index >= 15 is 0 Å². The van der Waals surface area contributed by atoms with Gasteiger partial charge in [0.1, 0.15) is 10.6 Å². The number of hydrazine groups is 1. The predicted molar refractivity (Wildman–Crippen MR) is 86.6 cm³/mol. The van der Waals surface area contributed by atoms with Gasteiger partial charge in [0.15, 0.2) is 0 Å². The normalized spacial score (nSPS) is 14.2. The summed E-state index contributed by atoms with van der Waals surface area (Å²) in [6.45, 7) is 4.64. The predicted octanol–water partition coefficient (Wildman–Crippen LogP) is 1.72. The van der Waals surface area contributed by atoms with Gasteiger partial charge >= 0.3 is 0 Å². The fourth-order valence-corrected chi connectivity index (χ4v) is 2.99. The molecule has 0 aliphatic rings. The van der Waals surface area contributed by atoms with Crippen molar-refractivity contribution in [1.29, 1.82) is 0 Å². The Morgan fingerprint density at radius 1 is 1.50 bits per heavy atom. The number of nitrogens with zero attached hydrogens (tertiary/aromatic N) is 2. The van der Waals surface area contributed by atoms with Crippen molar-refractivity contribution < 1.29 is 4.21 Å². The summed E-state index contributed by atoms with van der Waals surface area (Å²) < 4.78 is 11.4. The maximum Gasteiger partial charge on any atom is 0.240 e. The lowest BCUT2D eigenvalue weighted by Gasteiger charge is -2.11. The summed E-state index contributed by atoms with van der Waals surface area (Å²) >= 11 is 1.63. The maximum absolute atomic E-state index is 11.4. The molecule has 0 aliphatic carbocycles. The van der Waals surface area contributed by atoms with Crippen molar-refractivity contribution >= 4 is 44.1 Å². The quantitative estimate of drug-likeness (QED) is 0.555. The van der Waals surface area contributed by atoms with Gasteiger partial charge in [0.25, 0.3) is 0 Å².